The largest absolute Gasteiger partial charge is 0.478 e. The zero-order valence-corrected chi connectivity index (χ0v) is 9.68. The molecular formula is C11H18O6. The first-order chi connectivity index (χ1) is 8.07. The molecule has 0 aromatic heterocycles. The normalized spacial score (nSPS) is 9.94. The number of carboxylic acids is 1. The number of hydrogen-bond donors (Lipinski definition) is 2. The van der Waals surface area contributed by atoms with Crippen molar-refractivity contribution in [3.8, 4) is 0 Å². The second-order valence-corrected chi connectivity index (χ2v) is 3.35. The fourth-order valence-corrected chi connectivity index (χ4v) is 0.917. The maximum atomic E-state index is 11.1. The van der Waals surface area contributed by atoms with Gasteiger partial charge in [-0.2, -0.15) is 0 Å². The van der Waals surface area contributed by atoms with Gasteiger partial charge >= 0.3 is 11.9 Å². The van der Waals surface area contributed by atoms with E-state index in [9.17, 15) is 9.59 Å². The molecule has 0 bridgehead atoms. The summed E-state index contributed by atoms with van der Waals surface area (Å²) >= 11 is 0. The van der Waals surface area contributed by atoms with Crippen LogP contribution in [0.1, 0.15) is 19.3 Å². The number of aliphatic hydroxyl groups excluding tert-OH is 1. The van der Waals surface area contributed by atoms with Crippen molar-refractivity contribution < 1.29 is 29.3 Å². The Bertz CT molecular complexity index is 261. The van der Waals surface area contributed by atoms with Gasteiger partial charge in [-0.1, -0.05) is 6.58 Å². The third-order valence-corrected chi connectivity index (χ3v) is 1.80. The summed E-state index contributed by atoms with van der Waals surface area (Å²) in [7, 11) is 0. The molecule has 0 rings (SSSR count). The van der Waals surface area contributed by atoms with Gasteiger partial charge in [-0.05, 0) is 6.42 Å². The van der Waals surface area contributed by atoms with Crippen LogP contribution < -0.4 is 0 Å². The fourth-order valence-electron chi connectivity index (χ4n) is 0.917. The van der Waals surface area contributed by atoms with Crippen molar-refractivity contribution in [2.45, 2.75) is 19.3 Å². The van der Waals surface area contributed by atoms with Gasteiger partial charge in [0.2, 0.25) is 0 Å². The lowest BCUT2D eigenvalue weighted by Crippen LogP contribution is -2.11. The molecule has 0 aliphatic heterocycles. The number of esters is 1. The van der Waals surface area contributed by atoms with E-state index in [1.165, 1.54) is 0 Å². The van der Waals surface area contributed by atoms with Crippen molar-refractivity contribution in [2.75, 3.05) is 26.4 Å². The molecule has 0 atom stereocenters. The van der Waals surface area contributed by atoms with Crippen molar-refractivity contribution >= 4 is 11.9 Å². The van der Waals surface area contributed by atoms with Crippen molar-refractivity contribution in [3.63, 3.8) is 0 Å². The average Bonchev–Trinajstić information content (AvgIpc) is 2.27. The molecule has 0 unspecified atom stereocenters. The molecule has 0 saturated carbocycles. The Labute approximate surface area is 99.8 Å². The minimum atomic E-state index is -1.20. The Morgan fingerprint density at radius 1 is 1.12 bits per heavy atom. The molecule has 0 aliphatic carbocycles. The first-order valence-electron chi connectivity index (χ1n) is 5.33. The van der Waals surface area contributed by atoms with Gasteiger partial charge in [0.15, 0.2) is 0 Å². The topological polar surface area (TPSA) is 93.1 Å². The van der Waals surface area contributed by atoms with Crippen molar-refractivity contribution in [2.24, 2.45) is 0 Å². The number of carboxylic acid groups (broad SMARTS) is 1. The molecule has 0 fully saturated rings. The molecule has 0 amide bonds. The third kappa shape index (κ3) is 9.52. The number of rotatable bonds is 10. The number of carbonyl (C=O) groups excluding carboxylic acids is 1. The summed E-state index contributed by atoms with van der Waals surface area (Å²) in [6, 6.07) is 0. The van der Waals surface area contributed by atoms with Crippen LogP contribution in [0.2, 0.25) is 0 Å². The van der Waals surface area contributed by atoms with E-state index in [1.54, 1.807) is 0 Å². The van der Waals surface area contributed by atoms with E-state index in [4.69, 9.17) is 19.7 Å². The van der Waals surface area contributed by atoms with Crippen LogP contribution in [0.25, 0.3) is 0 Å². The minimum absolute atomic E-state index is 0.0896. The van der Waals surface area contributed by atoms with E-state index in [0.717, 1.165) is 0 Å². The maximum absolute atomic E-state index is 11.1. The third-order valence-electron chi connectivity index (χ3n) is 1.80. The highest BCUT2D eigenvalue weighted by atomic mass is 16.5. The van der Waals surface area contributed by atoms with Gasteiger partial charge in [0.1, 0.15) is 0 Å². The summed E-state index contributed by atoms with van der Waals surface area (Å²) in [6.07, 6.45) is 0.815. The molecular weight excluding hydrogens is 228 g/mol. The fraction of sp³-hybridized carbons (Fsp3) is 0.636. The van der Waals surface area contributed by atoms with E-state index in [1.807, 2.05) is 0 Å². The summed E-state index contributed by atoms with van der Waals surface area (Å²) in [4.78, 5) is 21.4. The van der Waals surface area contributed by atoms with Crippen molar-refractivity contribution in [1.29, 1.82) is 0 Å². The number of ether oxygens (including phenoxy) is 2. The second-order valence-electron chi connectivity index (χ2n) is 3.35. The highest BCUT2D eigenvalue weighted by Gasteiger charge is 2.10. The number of hydrogen-bond acceptors (Lipinski definition) is 5. The zero-order chi connectivity index (χ0) is 13.1. The molecule has 0 saturated heterocycles. The minimum Gasteiger partial charge on any atom is -0.478 e. The Balaban J connectivity index is 3.39. The molecule has 0 spiro atoms. The van der Waals surface area contributed by atoms with Crippen LogP contribution >= 0.6 is 0 Å². The van der Waals surface area contributed by atoms with Crippen molar-refractivity contribution in [3.05, 3.63) is 12.2 Å². The quantitative estimate of drug-likeness (QED) is 0.328. The molecule has 0 heterocycles. The molecule has 2 N–H and O–H groups in total. The van der Waals surface area contributed by atoms with Gasteiger partial charge in [0.25, 0.3) is 0 Å². The van der Waals surface area contributed by atoms with Crippen LogP contribution in [0.15, 0.2) is 12.2 Å². The summed E-state index contributed by atoms with van der Waals surface area (Å²) in [5.74, 6) is -1.80. The van der Waals surface area contributed by atoms with Crippen LogP contribution in [0.5, 0.6) is 0 Å². The van der Waals surface area contributed by atoms with Gasteiger partial charge in [0, 0.05) is 31.8 Å². The van der Waals surface area contributed by atoms with Crippen LogP contribution in [0.3, 0.4) is 0 Å². The molecule has 0 aliphatic rings. The second kappa shape index (κ2) is 9.80. The molecule has 0 radical (unpaired) electrons. The molecule has 6 heteroatoms. The standard InChI is InChI=1S/C11H18O6/c1-9(11(14)15)8-10(13)17-7-3-6-16-5-2-4-12/h12H,1-8H2,(H,14,15). The summed E-state index contributed by atoms with van der Waals surface area (Å²) in [5, 5.41) is 16.9. The Kier molecular flexibility index (Phi) is 8.99. The van der Waals surface area contributed by atoms with Gasteiger partial charge in [0.05, 0.1) is 13.0 Å². The van der Waals surface area contributed by atoms with Crippen LogP contribution in [0.4, 0.5) is 0 Å². The van der Waals surface area contributed by atoms with Crippen LogP contribution in [0, 0.1) is 0 Å². The van der Waals surface area contributed by atoms with Crippen LogP contribution in [-0.2, 0) is 19.1 Å². The van der Waals surface area contributed by atoms with E-state index >= 15 is 0 Å². The lowest BCUT2D eigenvalue weighted by Gasteiger charge is -2.05. The molecule has 6 nitrogen and oxygen atoms in total. The summed E-state index contributed by atoms with van der Waals surface area (Å²) in [5.41, 5.74) is -0.186. The predicted octanol–water partition coefficient (Wildman–Crippen LogP) is 0.350. The number of aliphatic carboxylic acids is 1. The molecule has 98 valence electrons. The molecule has 0 aromatic carbocycles. The van der Waals surface area contributed by atoms with Crippen molar-refractivity contribution in [1.82, 2.24) is 0 Å². The van der Waals surface area contributed by atoms with E-state index in [-0.39, 0.29) is 25.2 Å². The first-order valence-corrected chi connectivity index (χ1v) is 5.33. The zero-order valence-electron chi connectivity index (χ0n) is 9.68. The number of carbonyl (C=O) groups is 2. The van der Waals surface area contributed by atoms with E-state index in [2.05, 4.69) is 6.58 Å². The highest BCUT2D eigenvalue weighted by Crippen LogP contribution is 2.00. The summed E-state index contributed by atoms with van der Waals surface area (Å²) in [6.45, 7) is 4.41. The Morgan fingerprint density at radius 2 is 1.76 bits per heavy atom. The van der Waals surface area contributed by atoms with Gasteiger partial charge in [-0.15, -0.1) is 0 Å². The number of aliphatic hydroxyl groups is 1. The Morgan fingerprint density at radius 3 is 2.35 bits per heavy atom. The van der Waals surface area contributed by atoms with Crippen LogP contribution in [-0.4, -0.2) is 48.6 Å². The SMILES string of the molecule is C=C(CC(=O)OCCCOCCCO)C(=O)O. The average molecular weight is 246 g/mol. The molecule has 17 heavy (non-hydrogen) atoms. The monoisotopic (exact) mass is 246 g/mol. The van der Waals surface area contributed by atoms with E-state index in [0.29, 0.717) is 26.1 Å². The van der Waals surface area contributed by atoms with E-state index < -0.39 is 11.9 Å². The highest BCUT2D eigenvalue weighted by molar-refractivity contribution is 5.91. The lowest BCUT2D eigenvalue weighted by atomic mass is 10.2. The predicted molar refractivity (Wildman–Crippen MR) is 59.5 cm³/mol. The van der Waals surface area contributed by atoms with Gasteiger partial charge in [-0.25, -0.2) is 4.79 Å². The maximum Gasteiger partial charge on any atom is 0.331 e. The summed E-state index contributed by atoms with van der Waals surface area (Å²) < 4.78 is 9.89. The first kappa shape index (κ1) is 15.6. The lowest BCUT2D eigenvalue weighted by molar-refractivity contribution is -0.145. The van der Waals surface area contributed by atoms with Gasteiger partial charge < -0.3 is 19.7 Å². The van der Waals surface area contributed by atoms with Gasteiger partial charge in [-0.3, -0.25) is 4.79 Å². The Hall–Kier alpha value is -1.40. The molecule has 0 aromatic rings. The smallest absolute Gasteiger partial charge is 0.331 e.